The highest BCUT2D eigenvalue weighted by atomic mass is 16.5. The van der Waals surface area contributed by atoms with E-state index in [0.29, 0.717) is 18.3 Å². The predicted molar refractivity (Wildman–Crippen MR) is 92.2 cm³/mol. The van der Waals surface area contributed by atoms with Crippen molar-refractivity contribution in [3.63, 3.8) is 0 Å². The van der Waals surface area contributed by atoms with E-state index >= 15 is 0 Å². The maximum Gasteiger partial charge on any atom is 0.289 e. The molecule has 5 nitrogen and oxygen atoms in total. The number of likely N-dealkylation sites (tertiary alicyclic amines) is 1. The van der Waals surface area contributed by atoms with Crippen molar-refractivity contribution in [1.29, 1.82) is 0 Å². The molecule has 1 amide bonds. The quantitative estimate of drug-likeness (QED) is 0.886. The fraction of sp³-hybridized carbons (Fsp3) is 0.421. The van der Waals surface area contributed by atoms with Crippen LogP contribution in [0.4, 0.5) is 0 Å². The largest absolute Gasteiger partial charge is 0.489 e. The average Bonchev–Trinajstić information content (AvgIpc) is 3.21. The number of nitrogens with one attached hydrogen (secondary N) is 1. The molecule has 2 aromatic rings. The Hall–Kier alpha value is -2.27. The van der Waals surface area contributed by atoms with Gasteiger partial charge in [-0.2, -0.15) is 0 Å². The van der Waals surface area contributed by atoms with Crippen molar-refractivity contribution in [2.45, 2.75) is 20.0 Å². The third kappa shape index (κ3) is 3.79. The predicted octanol–water partition coefficient (Wildman–Crippen LogP) is 2.85. The smallest absolute Gasteiger partial charge is 0.289 e. The van der Waals surface area contributed by atoms with Gasteiger partial charge in [-0.05, 0) is 51.1 Å². The molecule has 1 N–H and O–H groups in total. The van der Waals surface area contributed by atoms with E-state index in [0.717, 1.165) is 43.1 Å². The number of rotatable bonds is 6. The summed E-state index contributed by atoms with van der Waals surface area (Å²) in [7, 11) is 1.94. The summed E-state index contributed by atoms with van der Waals surface area (Å²) >= 11 is 0. The minimum Gasteiger partial charge on any atom is -0.489 e. The van der Waals surface area contributed by atoms with Gasteiger partial charge in [0, 0.05) is 18.7 Å². The van der Waals surface area contributed by atoms with Crippen LogP contribution in [0.15, 0.2) is 40.8 Å². The number of para-hydroxylation sites is 1. The SMILES string of the molecule is CNC[C@@H]1CCN(C(=O)c2cc(COc3ccccc3)c(C)o2)C1. The number of carbonyl (C=O) groups excluding carboxylic acids is 1. The zero-order chi connectivity index (χ0) is 16.9. The first-order valence-electron chi connectivity index (χ1n) is 8.38. The molecule has 0 saturated carbocycles. The van der Waals surface area contributed by atoms with Crippen LogP contribution in [-0.2, 0) is 6.61 Å². The normalized spacial score (nSPS) is 17.2. The van der Waals surface area contributed by atoms with E-state index in [9.17, 15) is 4.79 Å². The molecule has 128 valence electrons. The van der Waals surface area contributed by atoms with E-state index in [-0.39, 0.29) is 5.91 Å². The van der Waals surface area contributed by atoms with Gasteiger partial charge in [-0.25, -0.2) is 0 Å². The van der Waals surface area contributed by atoms with Crippen LogP contribution in [0, 0.1) is 12.8 Å². The Morgan fingerprint density at radius 3 is 2.92 bits per heavy atom. The topological polar surface area (TPSA) is 54.7 Å². The molecule has 0 radical (unpaired) electrons. The Labute approximate surface area is 142 Å². The zero-order valence-corrected chi connectivity index (χ0v) is 14.2. The maximum atomic E-state index is 12.6. The number of furan rings is 1. The molecule has 2 heterocycles. The summed E-state index contributed by atoms with van der Waals surface area (Å²) in [6, 6.07) is 11.4. The zero-order valence-electron chi connectivity index (χ0n) is 14.2. The Bertz CT molecular complexity index is 681. The summed E-state index contributed by atoms with van der Waals surface area (Å²) in [4.78, 5) is 14.5. The Morgan fingerprint density at radius 1 is 1.38 bits per heavy atom. The van der Waals surface area contributed by atoms with Gasteiger partial charge in [0.05, 0.1) is 0 Å². The second-order valence-corrected chi connectivity index (χ2v) is 6.26. The van der Waals surface area contributed by atoms with Gasteiger partial charge < -0.3 is 19.4 Å². The summed E-state index contributed by atoms with van der Waals surface area (Å²) < 4.78 is 11.4. The molecule has 3 rings (SSSR count). The van der Waals surface area contributed by atoms with E-state index in [1.165, 1.54) is 0 Å². The van der Waals surface area contributed by atoms with Crippen molar-refractivity contribution in [3.05, 3.63) is 53.5 Å². The summed E-state index contributed by atoms with van der Waals surface area (Å²) in [5, 5.41) is 3.18. The lowest BCUT2D eigenvalue weighted by molar-refractivity contribution is 0.0754. The van der Waals surface area contributed by atoms with E-state index in [1.807, 2.05) is 55.3 Å². The van der Waals surface area contributed by atoms with Crippen molar-refractivity contribution < 1.29 is 13.9 Å². The van der Waals surface area contributed by atoms with E-state index < -0.39 is 0 Å². The van der Waals surface area contributed by atoms with Gasteiger partial charge in [0.25, 0.3) is 5.91 Å². The van der Waals surface area contributed by atoms with Crippen molar-refractivity contribution in [2.75, 3.05) is 26.7 Å². The summed E-state index contributed by atoms with van der Waals surface area (Å²) in [5.74, 6) is 2.45. The number of hydrogen-bond acceptors (Lipinski definition) is 4. The second-order valence-electron chi connectivity index (χ2n) is 6.26. The molecule has 1 saturated heterocycles. The highest BCUT2D eigenvalue weighted by Gasteiger charge is 2.28. The highest BCUT2D eigenvalue weighted by molar-refractivity contribution is 5.92. The first-order chi connectivity index (χ1) is 11.7. The first kappa shape index (κ1) is 16.6. The van der Waals surface area contributed by atoms with Gasteiger partial charge in [0.15, 0.2) is 5.76 Å². The number of amides is 1. The average molecular weight is 328 g/mol. The van der Waals surface area contributed by atoms with Crippen molar-refractivity contribution in [3.8, 4) is 5.75 Å². The number of aryl methyl sites for hydroxylation is 1. The molecule has 1 aliphatic heterocycles. The van der Waals surface area contributed by atoms with Gasteiger partial charge >= 0.3 is 0 Å². The number of ether oxygens (including phenoxy) is 1. The maximum absolute atomic E-state index is 12.6. The number of hydrogen-bond donors (Lipinski definition) is 1. The lowest BCUT2D eigenvalue weighted by Crippen LogP contribution is -2.30. The van der Waals surface area contributed by atoms with Crippen LogP contribution in [0.3, 0.4) is 0 Å². The summed E-state index contributed by atoms with van der Waals surface area (Å²) in [6.07, 6.45) is 1.04. The molecule has 0 aliphatic carbocycles. The third-order valence-electron chi connectivity index (χ3n) is 4.43. The molecule has 1 aliphatic rings. The third-order valence-corrected chi connectivity index (χ3v) is 4.43. The molecule has 0 unspecified atom stereocenters. The highest BCUT2D eigenvalue weighted by Crippen LogP contribution is 2.22. The lowest BCUT2D eigenvalue weighted by atomic mass is 10.1. The molecular weight excluding hydrogens is 304 g/mol. The second kappa shape index (κ2) is 7.53. The van der Waals surface area contributed by atoms with Gasteiger partial charge in [-0.15, -0.1) is 0 Å². The molecule has 0 spiro atoms. The van der Waals surface area contributed by atoms with Crippen LogP contribution in [0.2, 0.25) is 0 Å². The van der Waals surface area contributed by atoms with Crippen LogP contribution < -0.4 is 10.1 Å². The van der Waals surface area contributed by atoms with Crippen molar-refractivity contribution in [2.24, 2.45) is 5.92 Å². The number of nitrogens with zero attached hydrogens (tertiary/aromatic N) is 1. The monoisotopic (exact) mass is 328 g/mol. The fourth-order valence-corrected chi connectivity index (χ4v) is 3.07. The van der Waals surface area contributed by atoms with Crippen LogP contribution in [0.5, 0.6) is 5.75 Å². The van der Waals surface area contributed by atoms with Gasteiger partial charge in [0.2, 0.25) is 0 Å². The van der Waals surface area contributed by atoms with Crippen molar-refractivity contribution in [1.82, 2.24) is 10.2 Å². The fourth-order valence-electron chi connectivity index (χ4n) is 3.07. The Balaban J connectivity index is 1.62. The van der Waals surface area contributed by atoms with Gasteiger partial charge in [0.1, 0.15) is 18.1 Å². The molecule has 1 atom stereocenters. The molecule has 0 bridgehead atoms. The van der Waals surface area contributed by atoms with E-state index in [2.05, 4.69) is 5.32 Å². The van der Waals surface area contributed by atoms with Crippen LogP contribution >= 0.6 is 0 Å². The molecule has 1 aromatic heterocycles. The molecule has 5 heteroatoms. The molecule has 1 aromatic carbocycles. The van der Waals surface area contributed by atoms with Crippen LogP contribution in [0.25, 0.3) is 0 Å². The van der Waals surface area contributed by atoms with Crippen LogP contribution in [0.1, 0.15) is 28.3 Å². The van der Waals surface area contributed by atoms with Crippen molar-refractivity contribution >= 4 is 5.91 Å². The summed E-state index contributed by atoms with van der Waals surface area (Å²) in [5.41, 5.74) is 0.910. The Kier molecular flexibility index (Phi) is 5.20. The minimum absolute atomic E-state index is 0.0253. The van der Waals surface area contributed by atoms with Crippen LogP contribution in [-0.4, -0.2) is 37.5 Å². The van der Waals surface area contributed by atoms with Gasteiger partial charge in [-0.1, -0.05) is 18.2 Å². The number of carbonyl (C=O) groups is 1. The molecule has 1 fully saturated rings. The lowest BCUT2D eigenvalue weighted by Gasteiger charge is -2.14. The minimum atomic E-state index is -0.0253. The molecular formula is C19H24N2O3. The number of benzene rings is 1. The Morgan fingerprint density at radius 2 is 2.17 bits per heavy atom. The van der Waals surface area contributed by atoms with E-state index in [4.69, 9.17) is 9.15 Å². The standard InChI is InChI=1S/C19H24N2O3/c1-14-16(13-23-17-6-4-3-5-7-17)10-18(24-14)19(22)21-9-8-15(12-21)11-20-2/h3-7,10,15,20H,8-9,11-13H2,1-2H3/t15-/m0/s1. The summed E-state index contributed by atoms with van der Waals surface area (Å²) in [6.45, 7) is 4.79. The molecule has 24 heavy (non-hydrogen) atoms. The van der Waals surface area contributed by atoms with E-state index in [1.54, 1.807) is 0 Å². The van der Waals surface area contributed by atoms with Gasteiger partial charge in [-0.3, -0.25) is 4.79 Å². The first-order valence-corrected chi connectivity index (χ1v) is 8.38.